The number of carbonyl (C=O) groups is 1. The second-order valence-electron chi connectivity index (χ2n) is 3.75. The Labute approximate surface area is 104 Å². The normalized spacial score (nSPS) is 24.3. The molecule has 0 saturated carbocycles. The molecule has 0 bridgehead atoms. The molecule has 94 valence electrons. The average Bonchev–Trinajstić information content (AvgIpc) is 2.63. The predicted octanol–water partition coefficient (Wildman–Crippen LogP) is 0.950. The Morgan fingerprint density at radius 2 is 2.38 bits per heavy atom. The fourth-order valence-electron chi connectivity index (χ4n) is 1.54. The molecule has 0 spiro atoms. The SMILES string of the molecule is CCSCCCNC(=O)N[C@H]1CC[S@@](=O)C1. The van der Waals surface area contributed by atoms with Crippen LogP contribution in [0.1, 0.15) is 19.8 Å². The molecule has 2 atom stereocenters. The fourth-order valence-corrected chi connectivity index (χ4v) is 3.59. The minimum Gasteiger partial charge on any atom is -0.338 e. The van der Waals surface area contributed by atoms with Crippen LogP contribution in [0.5, 0.6) is 0 Å². The summed E-state index contributed by atoms with van der Waals surface area (Å²) in [4.78, 5) is 11.4. The third-order valence-corrected chi connectivity index (χ3v) is 4.82. The molecule has 1 rings (SSSR count). The number of nitrogens with one attached hydrogen (secondary N) is 2. The summed E-state index contributed by atoms with van der Waals surface area (Å²) in [5.74, 6) is 3.54. The van der Waals surface area contributed by atoms with Crippen LogP contribution < -0.4 is 10.6 Å². The van der Waals surface area contributed by atoms with Crippen LogP contribution in [-0.2, 0) is 10.8 Å². The molecule has 0 unspecified atom stereocenters. The molecule has 1 heterocycles. The van der Waals surface area contributed by atoms with Crippen molar-refractivity contribution in [3.8, 4) is 0 Å². The van der Waals surface area contributed by atoms with Crippen molar-refractivity contribution in [3.05, 3.63) is 0 Å². The lowest BCUT2D eigenvalue weighted by atomic mass is 10.3. The van der Waals surface area contributed by atoms with E-state index < -0.39 is 10.8 Å². The van der Waals surface area contributed by atoms with Crippen molar-refractivity contribution in [2.75, 3.05) is 29.6 Å². The van der Waals surface area contributed by atoms with E-state index in [1.165, 1.54) is 0 Å². The van der Waals surface area contributed by atoms with E-state index in [1.54, 1.807) is 0 Å². The van der Waals surface area contributed by atoms with E-state index in [9.17, 15) is 9.00 Å². The van der Waals surface area contributed by atoms with Gasteiger partial charge in [0.25, 0.3) is 0 Å². The number of amides is 2. The fraction of sp³-hybridized carbons (Fsp3) is 0.900. The Balaban J connectivity index is 2.00. The highest BCUT2D eigenvalue weighted by Crippen LogP contribution is 2.06. The highest BCUT2D eigenvalue weighted by atomic mass is 32.2. The zero-order valence-electron chi connectivity index (χ0n) is 9.66. The topological polar surface area (TPSA) is 58.2 Å². The van der Waals surface area contributed by atoms with E-state index in [4.69, 9.17) is 0 Å². The first-order valence-electron chi connectivity index (χ1n) is 5.69. The molecule has 2 N–H and O–H groups in total. The molecule has 6 heteroatoms. The summed E-state index contributed by atoms with van der Waals surface area (Å²) < 4.78 is 11.1. The maximum Gasteiger partial charge on any atom is 0.315 e. The summed E-state index contributed by atoms with van der Waals surface area (Å²) >= 11 is 1.88. The number of urea groups is 1. The van der Waals surface area contributed by atoms with Gasteiger partial charge in [0.2, 0.25) is 0 Å². The van der Waals surface area contributed by atoms with Gasteiger partial charge in [0.15, 0.2) is 0 Å². The van der Waals surface area contributed by atoms with Gasteiger partial charge in [-0.15, -0.1) is 0 Å². The maximum absolute atomic E-state index is 11.4. The maximum atomic E-state index is 11.4. The summed E-state index contributed by atoms with van der Waals surface area (Å²) in [6.07, 6.45) is 1.84. The molecule has 1 saturated heterocycles. The van der Waals surface area contributed by atoms with Gasteiger partial charge in [0.1, 0.15) is 0 Å². The van der Waals surface area contributed by atoms with E-state index in [1.807, 2.05) is 11.8 Å². The van der Waals surface area contributed by atoms with Gasteiger partial charge in [-0.2, -0.15) is 11.8 Å². The molecule has 4 nitrogen and oxygen atoms in total. The molecule has 0 aliphatic carbocycles. The second kappa shape index (κ2) is 7.95. The van der Waals surface area contributed by atoms with Gasteiger partial charge in [0, 0.05) is 34.9 Å². The Bertz CT molecular complexity index is 249. The third kappa shape index (κ3) is 5.75. The lowest BCUT2D eigenvalue weighted by molar-refractivity contribution is 0.238. The molecule has 0 aromatic carbocycles. The zero-order valence-corrected chi connectivity index (χ0v) is 11.3. The molecular weight excluding hydrogens is 244 g/mol. The van der Waals surface area contributed by atoms with Crippen LogP contribution >= 0.6 is 11.8 Å². The molecule has 1 fully saturated rings. The number of rotatable bonds is 6. The van der Waals surface area contributed by atoms with Crippen molar-refractivity contribution in [1.82, 2.24) is 10.6 Å². The van der Waals surface area contributed by atoms with Gasteiger partial charge in [-0.25, -0.2) is 4.79 Å². The van der Waals surface area contributed by atoms with Crippen LogP contribution in [0.4, 0.5) is 4.79 Å². The van der Waals surface area contributed by atoms with E-state index >= 15 is 0 Å². The summed E-state index contributed by atoms with van der Waals surface area (Å²) in [5, 5.41) is 5.67. The van der Waals surface area contributed by atoms with Crippen LogP contribution in [0.15, 0.2) is 0 Å². The number of hydrogen-bond acceptors (Lipinski definition) is 3. The Morgan fingerprint density at radius 1 is 1.56 bits per heavy atom. The van der Waals surface area contributed by atoms with Gasteiger partial charge in [-0.3, -0.25) is 4.21 Å². The monoisotopic (exact) mass is 264 g/mol. The first-order valence-corrected chi connectivity index (χ1v) is 8.33. The summed E-state index contributed by atoms with van der Waals surface area (Å²) in [6.45, 7) is 2.85. The minimum atomic E-state index is -0.725. The largest absolute Gasteiger partial charge is 0.338 e. The highest BCUT2D eigenvalue weighted by Gasteiger charge is 2.22. The third-order valence-electron chi connectivity index (χ3n) is 2.37. The Morgan fingerprint density at radius 3 is 3.00 bits per heavy atom. The van der Waals surface area contributed by atoms with Gasteiger partial charge in [-0.05, 0) is 24.3 Å². The van der Waals surface area contributed by atoms with Gasteiger partial charge in [-0.1, -0.05) is 6.92 Å². The van der Waals surface area contributed by atoms with Crippen LogP contribution in [0, 0.1) is 0 Å². The average molecular weight is 264 g/mol. The van der Waals surface area contributed by atoms with Crippen LogP contribution in [0.2, 0.25) is 0 Å². The highest BCUT2D eigenvalue weighted by molar-refractivity contribution is 7.99. The van der Waals surface area contributed by atoms with Crippen LogP contribution in [-0.4, -0.2) is 45.8 Å². The van der Waals surface area contributed by atoms with Crippen molar-refractivity contribution in [2.45, 2.75) is 25.8 Å². The smallest absolute Gasteiger partial charge is 0.315 e. The first kappa shape index (κ1) is 13.8. The van der Waals surface area contributed by atoms with Crippen molar-refractivity contribution in [2.24, 2.45) is 0 Å². The van der Waals surface area contributed by atoms with E-state index in [-0.39, 0.29) is 12.1 Å². The van der Waals surface area contributed by atoms with Gasteiger partial charge >= 0.3 is 6.03 Å². The zero-order chi connectivity index (χ0) is 11.8. The standard InChI is InChI=1S/C10H20N2O2S2/c1-2-15-6-3-5-11-10(13)12-9-4-7-16(14)8-9/h9H,2-8H2,1H3,(H2,11,12,13)/t9-,16+/m0/s1. The molecule has 0 aromatic heterocycles. The van der Waals surface area contributed by atoms with Gasteiger partial charge in [0.05, 0.1) is 0 Å². The lowest BCUT2D eigenvalue weighted by Gasteiger charge is -2.11. The van der Waals surface area contributed by atoms with Gasteiger partial charge < -0.3 is 10.6 Å². The summed E-state index contributed by atoms with van der Waals surface area (Å²) in [7, 11) is -0.725. The van der Waals surface area contributed by atoms with E-state index in [2.05, 4.69) is 17.6 Å². The summed E-state index contributed by atoms with van der Waals surface area (Å²) in [5.41, 5.74) is 0. The van der Waals surface area contributed by atoms with E-state index in [0.717, 1.165) is 30.1 Å². The molecule has 0 aromatic rings. The number of thioether (sulfide) groups is 1. The molecule has 1 aliphatic heterocycles. The second-order valence-corrected chi connectivity index (χ2v) is 6.76. The summed E-state index contributed by atoms with van der Waals surface area (Å²) in [6, 6.07) is -0.0174. The Hall–Kier alpha value is -0.230. The number of carbonyl (C=O) groups excluding carboxylic acids is 1. The van der Waals surface area contributed by atoms with Crippen molar-refractivity contribution in [3.63, 3.8) is 0 Å². The van der Waals surface area contributed by atoms with Crippen molar-refractivity contribution in [1.29, 1.82) is 0 Å². The molecule has 1 aliphatic rings. The molecule has 0 radical (unpaired) electrons. The Kier molecular flexibility index (Phi) is 6.87. The van der Waals surface area contributed by atoms with Crippen molar-refractivity contribution < 1.29 is 9.00 Å². The number of hydrogen-bond donors (Lipinski definition) is 2. The molecular formula is C10H20N2O2S2. The van der Waals surface area contributed by atoms with E-state index in [0.29, 0.717) is 12.3 Å². The van der Waals surface area contributed by atoms with Crippen LogP contribution in [0.25, 0.3) is 0 Å². The lowest BCUT2D eigenvalue weighted by Crippen LogP contribution is -2.42. The predicted molar refractivity (Wildman–Crippen MR) is 70.4 cm³/mol. The molecule has 16 heavy (non-hydrogen) atoms. The first-order chi connectivity index (χ1) is 7.72. The quantitative estimate of drug-likeness (QED) is 0.702. The minimum absolute atomic E-state index is 0.103. The van der Waals surface area contributed by atoms with Crippen LogP contribution in [0.3, 0.4) is 0 Å². The molecule has 2 amide bonds. The van der Waals surface area contributed by atoms with Crippen molar-refractivity contribution >= 4 is 28.6 Å².